The van der Waals surface area contributed by atoms with Crippen molar-refractivity contribution < 1.29 is 4.42 Å². The first-order chi connectivity index (χ1) is 9.28. The summed E-state index contributed by atoms with van der Waals surface area (Å²) in [5.41, 5.74) is 1.14. The monoisotopic (exact) mass is 268 g/mol. The maximum absolute atomic E-state index is 11.9. The predicted octanol–water partition coefficient (Wildman–Crippen LogP) is 2.98. The molecule has 0 aliphatic carbocycles. The van der Waals surface area contributed by atoms with E-state index in [4.69, 9.17) is 9.68 Å². The van der Waals surface area contributed by atoms with Gasteiger partial charge in [0.05, 0.1) is 23.7 Å². The Hall–Kier alpha value is -2.45. The molecule has 0 unspecified atom stereocenters. The number of aromatic nitrogens is 1. The molecule has 5 heteroatoms. The van der Waals surface area contributed by atoms with Gasteiger partial charge in [-0.05, 0) is 12.1 Å². The number of nitriles is 1. The quantitative estimate of drug-likeness (QED) is 0.670. The highest BCUT2D eigenvalue weighted by atomic mass is 32.1. The van der Waals surface area contributed by atoms with E-state index >= 15 is 0 Å². The molecule has 0 aliphatic rings. The lowest BCUT2D eigenvalue weighted by Crippen LogP contribution is -2.02. The van der Waals surface area contributed by atoms with Gasteiger partial charge in [0.15, 0.2) is 0 Å². The minimum absolute atomic E-state index is 0.254. The van der Waals surface area contributed by atoms with Crippen LogP contribution in [0.5, 0.6) is 0 Å². The highest BCUT2D eigenvalue weighted by Crippen LogP contribution is 2.22. The third kappa shape index (κ3) is 2.14. The van der Waals surface area contributed by atoms with Crippen molar-refractivity contribution in [2.45, 2.75) is 6.42 Å². The SMILES string of the molecule is N#CCc1nc(-c2cc3ccccc3oc2=O)cs1. The maximum Gasteiger partial charge on any atom is 0.345 e. The lowest BCUT2D eigenvalue weighted by Gasteiger charge is -1.98. The van der Waals surface area contributed by atoms with Crippen LogP contribution in [0, 0.1) is 11.3 Å². The van der Waals surface area contributed by atoms with Gasteiger partial charge in [-0.2, -0.15) is 5.26 Å². The third-order valence-electron chi connectivity index (χ3n) is 2.70. The number of benzene rings is 1. The van der Waals surface area contributed by atoms with Gasteiger partial charge in [0, 0.05) is 10.8 Å². The Morgan fingerprint density at radius 3 is 3.05 bits per heavy atom. The Balaban J connectivity index is 2.16. The van der Waals surface area contributed by atoms with E-state index in [-0.39, 0.29) is 6.42 Å². The summed E-state index contributed by atoms with van der Waals surface area (Å²) in [4.78, 5) is 16.2. The van der Waals surface area contributed by atoms with Crippen LogP contribution in [-0.4, -0.2) is 4.98 Å². The van der Waals surface area contributed by atoms with E-state index in [9.17, 15) is 4.79 Å². The van der Waals surface area contributed by atoms with Gasteiger partial charge in [-0.15, -0.1) is 11.3 Å². The van der Waals surface area contributed by atoms with Crippen molar-refractivity contribution in [2.75, 3.05) is 0 Å². The average Bonchev–Trinajstić information content (AvgIpc) is 2.87. The van der Waals surface area contributed by atoms with Crippen LogP contribution in [0.15, 0.2) is 44.9 Å². The Kier molecular flexibility index (Phi) is 2.86. The normalized spacial score (nSPS) is 10.5. The molecule has 2 heterocycles. The lowest BCUT2D eigenvalue weighted by molar-refractivity contribution is 0.563. The van der Waals surface area contributed by atoms with Crippen LogP contribution in [0.1, 0.15) is 5.01 Å². The molecule has 3 aromatic rings. The van der Waals surface area contributed by atoms with Gasteiger partial charge >= 0.3 is 5.63 Å². The molecular weight excluding hydrogens is 260 g/mol. The molecule has 4 nitrogen and oxygen atoms in total. The molecule has 19 heavy (non-hydrogen) atoms. The molecule has 3 rings (SSSR count). The van der Waals surface area contributed by atoms with Crippen molar-refractivity contribution in [1.82, 2.24) is 4.98 Å². The summed E-state index contributed by atoms with van der Waals surface area (Å²) in [6, 6.07) is 11.1. The van der Waals surface area contributed by atoms with Crippen molar-refractivity contribution >= 4 is 22.3 Å². The zero-order chi connectivity index (χ0) is 13.2. The number of rotatable bonds is 2. The van der Waals surface area contributed by atoms with E-state index in [1.807, 2.05) is 24.3 Å². The number of para-hydroxylation sites is 1. The highest BCUT2D eigenvalue weighted by Gasteiger charge is 2.11. The second-order valence-electron chi connectivity index (χ2n) is 3.95. The van der Waals surface area contributed by atoms with E-state index in [2.05, 4.69) is 4.98 Å². The van der Waals surface area contributed by atoms with Gasteiger partial charge in [0.25, 0.3) is 0 Å². The Morgan fingerprint density at radius 1 is 1.37 bits per heavy atom. The second kappa shape index (κ2) is 4.67. The van der Waals surface area contributed by atoms with Gasteiger partial charge in [0.2, 0.25) is 0 Å². The molecule has 0 atom stereocenters. The summed E-state index contributed by atoms with van der Waals surface area (Å²) < 4.78 is 5.26. The highest BCUT2D eigenvalue weighted by molar-refractivity contribution is 7.10. The standard InChI is InChI=1S/C14H8N2O2S/c15-6-5-13-16-11(8-19-13)10-7-9-3-1-2-4-12(9)18-14(10)17/h1-4,7-8H,5H2. The zero-order valence-electron chi connectivity index (χ0n) is 9.79. The van der Waals surface area contributed by atoms with Crippen molar-refractivity contribution in [3.05, 3.63) is 51.1 Å². The summed E-state index contributed by atoms with van der Waals surface area (Å²) in [5.74, 6) is 0. The number of hydrogen-bond donors (Lipinski definition) is 0. The molecule has 0 amide bonds. The number of hydrogen-bond acceptors (Lipinski definition) is 5. The van der Waals surface area contributed by atoms with Crippen LogP contribution >= 0.6 is 11.3 Å². The molecule has 2 aromatic heterocycles. The molecule has 0 saturated heterocycles. The number of fused-ring (bicyclic) bond motifs is 1. The summed E-state index contributed by atoms with van der Waals surface area (Å²) >= 11 is 1.37. The summed E-state index contributed by atoms with van der Waals surface area (Å²) in [6.07, 6.45) is 0.254. The molecular formula is C14H8N2O2S. The van der Waals surface area contributed by atoms with Crippen LogP contribution in [-0.2, 0) is 6.42 Å². The molecule has 0 spiro atoms. The fraction of sp³-hybridized carbons (Fsp3) is 0.0714. The average molecular weight is 268 g/mol. The number of thiazole rings is 1. The van der Waals surface area contributed by atoms with Crippen molar-refractivity contribution in [3.8, 4) is 17.3 Å². The smallest absolute Gasteiger partial charge is 0.345 e. The van der Waals surface area contributed by atoms with Crippen molar-refractivity contribution in [3.63, 3.8) is 0 Å². The van der Waals surface area contributed by atoms with E-state index in [0.29, 0.717) is 21.8 Å². The molecule has 92 valence electrons. The predicted molar refractivity (Wildman–Crippen MR) is 72.9 cm³/mol. The van der Waals surface area contributed by atoms with Crippen LogP contribution < -0.4 is 5.63 Å². The van der Waals surface area contributed by atoms with Gasteiger partial charge < -0.3 is 4.42 Å². The van der Waals surface area contributed by atoms with Crippen LogP contribution in [0.4, 0.5) is 0 Å². The first-order valence-electron chi connectivity index (χ1n) is 5.62. The Labute approximate surface area is 112 Å². The largest absolute Gasteiger partial charge is 0.422 e. The van der Waals surface area contributed by atoms with E-state index in [0.717, 1.165) is 5.39 Å². The van der Waals surface area contributed by atoms with E-state index in [1.165, 1.54) is 11.3 Å². The minimum Gasteiger partial charge on any atom is -0.422 e. The first kappa shape index (κ1) is 11.6. The first-order valence-corrected chi connectivity index (χ1v) is 6.50. The van der Waals surface area contributed by atoms with Gasteiger partial charge in [-0.1, -0.05) is 18.2 Å². The molecule has 1 aromatic carbocycles. The Bertz CT molecular complexity index is 842. The molecule has 0 saturated carbocycles. The van der Waals surface area contributed by atoms with E-state index in [1.54, 1.807) is 17.5 Å². The molecule has 0 radical (unpaired) electrons. The summed E-state index contributed by atoms with van der Waals surface area (Å²) in [5, 5.41) is 12.0. The van der Waals surface area contributed by atoms with Crippen molar-refractivity contribution in [1.29, 1.82) is 5.26 Å². The minimum atomic E-state index is -0.410. The van der Waals surface area contributed by atoms with Crippen LogP contribution in [0.25, 0.3) is 22.2 Å². The molecule has 0 fully saturated rings. The lowest BCUT2D eigenvalue weighted by atomic mass is 10.1. The van der Waals surface area contributed by atoms with E-state index < -0.39 is 5.63 Å². The fourth-order valence-electron chi connectivity index (χ4n) is 1.82. The summed E-state index contributed by atoms with van der Waals surface area (Å²) in [7, 11) is 0. The van der Waals surface area contributed by atoms with Gasteiger partial charge in [-0.3, -0.25) is 0 Å². The molecule has 0 bridgehead atoms. The fourth-order valence-corrected chi connectivity index (χ4v) is 2.55. The second-order valence-corrected chi connectivity index (χ2v) is 4.89. The third-order valence-corrected chi connectivity index (χ3v) is 3.55. The number of nitrogens with zero attached hydrogens (tertiary/aromatic N) is 2. The zero-order valence-corrected chi connectivity index (χ0v) is 10.6. The Morgan fingerprint density at radius 2 is 2.21 bits per heavy atom. The van der Waals surface area contributed by atoms with Crippen LogP contribution in [0.2, 0.25) is 0 Å². The van der Waals surface area contributed by atoms with Gasteiger partial charge in [-0.25, -0.2) is 9.78 Å². The molecule has 0 N–H and O–H groups in total. The maximum atomic E-state index is 11.9. The van der Waals surface area contributed by atoms with Crippen molar-refractivity contribution in [2.24, 2.45) is 0 Å². The molecule has 0 aliphatic heterocycles. The summed E-state index contributed by atoms with van der Waals surface area (Å²) in [6.45, 7) is 0. The van der Waals surface area contributed by atoms with Gasteiger partial charge in [0.1, 0.15) is 10.6 Å². The van der Waals surface area contributed by atoms with Crippen LogP contribution in [0.3, 0.4) is 0 Å². The topological polar surface area (TPSA) is 66.9 Å².